The third kappa shape index (κ3) is 6.29. The molecule has 1 fully saturated rings. The number of hydrogen-bond acceptors (Lipinski definition) is 8. The molecule has 1 saturated heterocycles. The van der Waals surface area contributed by atoms with E-state index in [0.29, 0.717) is 61.6 Å². The summed E-state index contributed by atoms with van der Waals surface area (Å²) >= 11 is 0. The van der Waals surface area contributed by atoms with Crippen LogP contribution in [0, 0.1) is 0 Å². The van der Waals surface area contributed by atoms with Crippen LogP contribution in [0.1, 0.15) is 33.3 Å². The number of methoxy groups -OCH3 is 1. The molecule has 10 nitrogen and oxygen atoms in total. The second-order valence-electron chi connectivity index (χ2n) is 12.3. The molecule has 2 aromatic carbocycles. The van der Waals surface area contributed by atoms with Crippen LogP contribution in [-0.2, 0) is 12.7 Å². The van der Waals surface area contributed by atoms with Gasteiger partial charge in [-0.25, -0.2) is 9.67 Å². The number of ether oxygens (including phenoxy) is 1. The smallest absolute Gasteiger partial charge is 0.418 e. The Labute approximate surface area is 270 Å². The number of anilines is 1. The summed E-state index contributed by atoms with van der Waals surface area (Å²) in [5, 5.41) is 12.4. The minimum atomic E-state index is -4.60. The fraction of sp³-hybridized carbons (Fsp3) is 0.412. The highest BCUT2D eigenvalue weighted by Crippen LogP contribution is 2.39. The van der Waals surface area contributed by atoms with E-state index in [1.807, 2.05) is 24.3 Å². The maximum atomic E-state index is 14.5. The zero-order chi connectivity index (χ0) is 33.5. The topological polar surface area (TPSA) is 93.3 Å². The van der Waals surface area contributed by atoms with E-state index in [-0.39, 0.29) is 34.5 Å². The second kappa shape index (κ2) is 13.0. The monoisotopic (exact) mass is 648 g/mol. The van der Waals surface area contributed by atoms with E-state index >= 15 is 0 Å². The lowest BCUT2D eigenvalue weighted by Gasteiger charge is -2.31. The van der Waals surface area contributed by atoms with Crippen LogP contribution in [0.5, 0.6) is 5.88 Å². The summed E-state index contributed by atoms with van der Waals surface area (Å²) in [5.41, 5.74) is 1.86. The minimum Gasteiger partial charge on any atom is -0.481 e. The van der Waals surface area contributed by atoms with Crippen LogP contribution in [0.4, 0.5) is 18.9 Å². The number of aromatic nitrogens is 5. The van der Waals surface area contributed by atoms with Gasteiger partial charge in [0.15, 0.2) is 5.52 Å². The van der Waals surface area contributed by atoms with Crippen LogP contribution in [0.3, 0.4) is 0 Å². The van der Waals surface area contributed by atoms with Crippen LogP contribution in [-0.4, -0.2) is 81.4 Å². The Morgan fingerprint density at radius 3 is 2.34 bits per heavy atom. The van der Waals surface area contributed by atoms with Crippen molar-refractivity contribution in [3.63, 3.8) is 0 Å². The van der Waals surface area contributed by atoms with E-state index in [4.69, 9.17) is 4.74 Å². The first-order chi connectivity index (χ1) is 22.5. The molecule has 0 atom stereocenters. The molecule has 0 aliphatic carbocycles. The van der Waals surface area contributed by atoms with Crippen molar-refractivity contribution in [1.82, 2.24) is 34.8 Å². The van der Waals surface area contributed by atoms with E-state index in [9.17, 15) is 18.0 Å². The van der Waals surface area contributed by atoms with Crippen LogP contribution in [0.2, 0.25) is 0 Å². The summed E-state index contributed by atoms with van der Waals surface area (Å²) in [6.07, 6.45) is -2.91. The Balaban J connectivity index is 1.56. The summed E-state index contributed by atoms with van der Waals surface area (Å²) in [5.74, 6) is 0.470. The molecule has 0 unspecified atom stereocenters. The van der Waals surface area contributed by atoms with Gasteiger partial charge in [-0.1, -0.05) is 11.3 Å². The maximum absolute atomic E-state index is 14.5. The number of pyridine rings is 2. The number of benzene rings is 2. The first kappa shape index (κ1) is 32.5. The molecule has 6 rings (SSSR count). The molecule has 1 aliphatic rings. The average Bonchev–Trinajstić information content (AvgIpc) is 3.51. The van der Waals surface area contributed by atoms with Crippen LogP contribution in [0.25, 0.3) is 38.8 Å². The molecular weight excluding hydrogens is 609 g/mol. The molecule has 47 heavy (non-hydrogen) atoms. The molecule has 248 valence electrons. The number of fused-ring (bicyclic) bond motifs is 3. The van der Waals surface area contributed by atoms with Gasteiger partial charge in [0.05, 0.1) is 23.9 Å². The largest absolute Gasteiger partial charge is 0.481 e. The Bertz CT molecular complexity index is 1940. The normalized spacial score (nSPS) is 14.3. The summed E-state index contributed by atoms with van der Waals surface area (Å²) in [6.45, 7) is 11.6. The number of rotatable bonds is 9. The van der Waals surface area contributed by atoms with Gasteiger partial charge in [-0.05, 0) is 69.7 Å². The molecule has 1 N–H and O–H groups in total. The summed E-state index contributed by atoms with van der Waals surface area (Å²) in [4.78, 5) is 22.4. The molecular formula is C34H39F3N8O2. The van der Waals surface area contributed by atoms with Crippen molar-refractivity contribution in [2.24, 2.45) is 0 Å². The van der Waals surface area contributed by atoms with E-state index in [1.54, 1.807) is 34.9 Å². The molecule has 3 aromatic heterocycles. The second-order valence-corrected chi connectivity index (χ2v) is 12.3. The molecule has 4 heterocycles. The van der Waals surface area contributed by atoms with E-state index < -0.39 is 11.7 Å². The third-order valence-electron chi connectivity index (χ3n) is 8.84. The lowest BCUT2D eigenvalue weighted by Crippen LogP contribution is -2.44. The van der Waals surface area contributed by atoms with Gasteiger partial charge in [0, 0.05) is 80.3 Å². The Morgan fingerprint density at radius 1 is 0.979 bits per heavy atom. The van der Waals surface area contributed by atoms with Gasteiger partial charge in [-0.3, -0.25) is 9.69 Å². The quantitative estimate of drug-likeness (QED) is 0.229. The van der Waals surface area contributed by atoms with Gasteiger partial charge in [0.1, 0.15) is 5.52 Å². The maximum Gasteiger partial charge on any atom is 0.418 e. The minimum absolute atomic E-state index is 0.0860. The number of nitrogens with one attached hydrogen (secondary N) is 1. The van der Waals surface area contributed by atoms with Gasteiger partial charge in [0.2, 0.25) is 5.88 Å². The van der Waals surface area contributed by atoms with Crippen molar-refractivity contribution in [1.29, 1.82) is 0 Å². The number of nitrogens with zero attached hydrogens (tertiary/aromatic N) is 7. The predicted molar refractivity (Wildman–Crippen MR) is 177 cm³/mol. The van der Waals surface area contributed by atoms with Gasteiger partial charge >= 0.3 is 6.18 Å². The van der Waals surface area contributed by atoms with Crippen molar-refractivity contribution in [3.8, 4) is 22.7 Å². The third-order valence-corrected chi connectivity index (χ3v) is 8.84. The first-order valence-electron chi connectivity index (χ1n) is 15.8. The molecule has 0 saturated carbocycles. The first-order valence-corrected chi connectivity index (χ1v) is 15.8. The lowest BCUT2D eigenvalue weighted by molar-refractivity contribution is -0.137. The summed E-state index contributed by atoms with van der Waals surface area (Å²) < 4.78 is 51.8. The molecule has 0 bridgehead atoms. The number of alkyl halides is 3. The molecule has 0 amide bonds. The van der Waals surface area contributed by atoms with E-state index in [0.717, 1.165) is 17.2 Å². The van der Waals surface area contributed by atoms with Gasteiger partial charge in [-0.2, -0.15) is 13.2 Å². The highest BCUT2D eigenvalue weighted by molar-refractivity contribution is 6.04. The highest BCUT2D eigenvalue weighted by Gasteiger charge is 2.36. The highest BCUT2D eigenvalue weighted by atomic mass is 19.4. The van der Waals surface area contributed by atoms with Gasteiger partial charge in [-0.15, -0.1) is 5.10 Å². The van der Waals surface area contributed by atoms with Crippen molar-refractivity contribution < 1.29 is 17.9 Å². The van der Waals surface area contributed by atoms with Crippen LogP contribution in [0.15, 0.2) is 59.5 Å². The van der Waals surface area contributed by atoms with Crippen molar-refractivity contribution in [3.05, 3.63) is 70.6 Å². The Kier molecular flexibility index (Phi) is 8.95. The van der Waals surface area contributed by atoms with Crippen LogP contribution < -0.4 is 20.5 Å². The average molecular weight is 649 g/mol. The zero-order valence-electron chi connectivity index (χ0n) is 27.2. The fourth-order valence-corrected chi connectivity index (χ4v) is 6.51. The lowest BCUT2D eigenvalue weighted by atomic mass is 10.0. The number of piperazine rings is 1. The molecule has 1 aliphatic heterocycles. The molecule has 5 aromatic rings. The molecule has 13 heteroatoms. The molecule has 0 radical (unpaired) electrons. The summed E-state index contributed by atoms with van der Waals surface area (Å²) in [6, 6.07) is 14.1. The van der Waals surface area contributed by atoms with Crippen LogP contribution >= 0.6 is 0 Å². The number of hydrogen-bond donors (Lipinski definition) is 1. The molecule has 0 spiro atoms. The van der Waals surface area contributed by atoms with Crippen molar-refractivity contribution in [2.45, 2.75) is 52.5 Å². The van der Waals surface area contributed by atoms with Crippen molar-refractivity contribution in [2.75, 3.05) is 44.7 Å². The van der Waals surface area contributed by atoms with Crippen molar-refractivity contribution >= 4 is 27.6 Å². The number of halogens is 3. The zero-order valence-corrected chi connectivity index (χ0v) is 27.2. The Morgan fingerprint density at radius 2 is 1.70 bits per heavy atom. The summed E-state index contributed by atoms with van der Waals surface area (Å²) in [7, 11) is 1.54. The fourth-order valence-electron chi connectivity index (χ4n) is 6.51. The Hall–Kier alpha value is -4.49. The standard InChI is InChI=1S/C34H39F3N8O2/c1-21(2)43(22(3)4)16-17-44-28-9-6-23(24-7-11-30(47-5)39-20-24)18-26(28)32-31(33(44)46)40-41-45(32)25-8-10-29(27(19-25)34(35,36)37)42-14-12-38-13-15-42/h6-11,18-22,38H,12-17H2,1-5H3. The van der Waals surface area contributed by atoms with Gasteiger partial charge in [0.25, 0.3) is 5.56 Å². The SMILES string of the molecule is COc1ccc(-c2ccc3c(c2)c2c(nnn2-c2ccc(N4CCNCC4)c(C(F)(F)F)c2)c(=O)n3CCN(C(C)C)C(C)C)cn1. The van der Waals surface area contributed by atoms with Gasteiger partial charge < -0.3 is 19.5 Å². The predicted octanol–water partition coefficient (Wildman–Crippen LogP) is 5.35. The van der Waals surface area contributed by atoms with E-state index in [2.05, 4.69) is 53.2 Å². The van der Waals surface area contributed by atoms with E-state index in [1.165, 1.54) is 10.7 Å².